The molecule has 0 amide bonds. The molecule has 1 atom stereocenters. The fourth-order valence-corrected chi connectivity index (χ4v) is 2.62. The van der Waals surface area contributed by atoms with Crippen LogP contribution in [0.1, 0.15) is 45.4 Å². The van der Waals surface area contributed by atoms with Crippen LogP contribution in [-0.2, 0) is 0 Å². The number of rotatable bonds is 3. The van der Waals surface area contributed by atoms with Gasteiger partial charge in [-0.25, -0.2) is 0 Å². The van der Waals surface area contributed by atoms with Gasteiger partial charge >= 0.3 is 0 Å². The first-order valence-electron chi connectivity index (χ1n) is 5.12. The number of nitrogens with one attached hydrogen (secondary N) is 1. The Balaban J connectivity index is 1.92. The first-order valence-corrected chi connectivity index (χ1v) is 5.12. The Morgan fingerprint density at radius 2 is 2.18 bits per heavy atom. The van der Waals surface area contributed by atoms with Crippen molar-refractivity contribution >= 4 is 0 Å². The smallest absolute Gasteiger partial charge is 0.0221 e. The maximum Gasteiger partial charge on any atom is 0.0221 e. The molecule has 0 aromatic carbocycles. The first-order chi connectivity index (χ1) is 5.37. The van der Waals surface area contributed by atoms with Gasteiger partial charge < -0.3 is 5.32 Å². The van der Waals surface area contributed by atoms with Gasteiger partial charge in [0.2, 0.25) is 0 Å². The van der Waals surface area contributed by atoms with Gasteiger partial charge in [0, 0.05) is 5.54 Å². The zero-order valence-corrected chi connectivity index (χ0v) is 7.53. The molecule has 64 valence electrons. The minimum absolute atomic E-state index is 0.618. The van der Waals surface area contributed by atoms with Crippen molar-refractivity contribution in [2.45, 2.75) is 51.0 Å². The van der Waals surface area contributed by atoms with Crippen LogP contribution in [0, 0.1) is 5.92 Å². The van der Waals surface area contributed by atoms with Crippen LogP contribution in [-0.4, -0.2) is 12.1 Å². The topological polar surface area (TPSA) is 12.0 Å². The van der Waals surface area contributed by atoms with Crippen molar-refractivity contribution in [2.24, 2.45) is 5.92 Å². The second-order valence-electron chi connectivity index (χ2n) is 4.21. The standard InChI is InChI=1S/C10H19N/c1-2-6-10(7-8-11-10)9-4-3-5-9/h9,11H,2-8H2,1H3. The van der Waals surface area contributed by atoms with Crippen molar-refractivity contribution in [1.82, 2.24) is 5.32 Å². The Morgan fingerprint density at radius 3 is 2.45 bits per heavy atom. The minimum atomic E-state index is 0.618. The van der Waals surface area contributed by atoms with Gasteiger partial charge in [0.05, 0.1) is 0 Å². The molecule has 0 spiro atoms. The lowest BCUT2D eigenvalue weighted by atomic mass is 9.64. The molecule has 1 saturated heterocycles. The molecule has 0 radical (unpaired) electrons. The molecule has 1 unspecified atom stereocenters. The Bertz CT molecular complexity index is 134. The van der Waals surface area contributed by atoms with E-state index in [2.05, 4.69) is 12.2 Å². The van der Waals surface area contributed by atoms with E-state index in [-0.39, 0.29) is 0 Å². The number of hydrogen-bond donors (Lipinski definition) is 1. The van der Waals surface area contributed by atoms with Crippen LogP contribution in [0.3, 0.4) is 0 Å². The van der Waals surface area contributed by atoms with Crippen LogP contribution in [0.25, 0.3) is 0 Å². The van der Waals surface area contributed by atoms with Crippen molar-refractivity contribution in [3.63, 3.8) is 0 Å². The minimum Gasteiger partial charge on any atom is -0.311 e. The van der Waals surface area contributed by atoms with Crippen LogP contribution in [0.15, 0.2) is 0 Å². The van der Waals surface area contributed by atoms with Gasteiger partial charge in [-0.1, -0.05) is 19.8 Å². The molecular formula is C10H19N. The molecule has 1 aliphatic heterocycles. The predicted octanol–water partition coefficient (Wildman–Crippen LogP) is 2.32. The summed E-state index contributed by atoms with van der Waals surface area (Å²) in [4.78, 5) is 0. The summed E-state index contributed by atoms with van der Waals surface area (Å²) in [6.45, 7) is 3.58. The van der Waals surface area contributed by atoms with Gasteiger partial charge in [0.25, 0.3) is 0 Å². The summed E-state index contributed by atoms with van der Waals surface area (Å²) < 4.78 is 0. The van der Waals surface area contributed by atoms with Crippen molar-refractivity contribution in [1.29, 1.82) is 0 Å². The average molecular weight is 153 g/mol. The van der Waals surface area contributed by atoms with Gasteiger partial charge in [0.1, 0.15) is 0 Å². The Kier molecular flexibility index (Phi) is 1.92. The van der Waals surface area contributed by atoms with Gasteiger partial charge in [-0.3, -0.25) is 0 Å². The van der Waals surface area contributed by atoms with E-state index >= 15 is 0 Å². The molecule has 0 aromatic heterocycles. The third-order valence-corrected chi connectivity index (χ3v) is 3.63. The highest BCUT2D eigenvalue weighted by atomic mass is 15.1. The fourth-order valence-electron chi connectivity index (χ4n) is 2.62. The summed E-state index contributed by atoms with van der Waals surface area (Å²) in [6.07, 6.45) is 8.69. The van der Waals surface area contributed by atoms with E-state index in [0.717, 1.165) is 5.92 Å². The first kappa shape index (κ1) is 7.60. The second-order valence-corrected chi connectivity index (χ2v) is 4.21. The summed E-state index contributed by atoms with van der Waals surface area (Å²) in [5.41, 5.74) is 0.618. The van der Waals surface area contributed by atoms with E-state index in [0.29, 0.717) is 5.54 Å². The molecule has 2 aliphatic rings. The van der Waals surface area contributed by atoms with Crippen molar-refractivity contribution < 1.29 is 0 Å². The molecule has 11 heavy (non-hydrogen) atoms. The third-order valence-electron chi connectivity index (χ3n) is 3.63. The van der Waals surface area contributed by atoms with Gasteiger partial charge in [-0.15, -0.1) is 0 Å². The Morgan fingerprint density at radius 1 is 1.45 bits per heavy atom. The molecule has 1 nitrogen and oxygen atoms in total. The SMILES string of the molecule is CCCC1(C2CCC2)CCN1. The molecule has 0 bridgehead atoms. The number of hydrogen-bond acceptors (Lipinski definition) is 1. The summed E-state index contributed by atoms with van der Waals surface area (Å²) in [6, 6.07) is 0. The van der Waals surface area contributed by atoms with Gasteiger partial charge in [-0.05, 0) is 38.1 Å². The molecule has 1 heterocycles. The molecule has 2 fully saturated rings. The highest BCUT2D eigenvalue weighted by molar-refractivity contribution is 5.03. The quantitative estimate of drug-likeness (QED) is 0.656. The monoisotopic (exact) mass is 153 g/mol. The van der Waals surface area contributed by atoms with Crippen LogP contribution >= 0.6 is 0 Å². The predicted molar refractivity (Wildman–Crippen MR) is 47.6 cm³/mol. The largest absolute Gasteiger partial charge is 0.311 e. The lowest BCUT2D eigenvalue weighted by Gasteiger charge is -2.52. The molecule has 1 N–H and O–H groups in total. The van der Waals surface area contributed by atoms with Crippen LogP contribution in [0.4, 0.5) is 0 Å². The van der Waals surface area contributed by atoms with E-state index in [9.17, 15) is 0 Å². The van der Waals surface area contributed by atoms with Crippen LogP contribution in [0.5, 0.6) is 0 Å². The summed E-state index contributed by atoms with van der Waals surface area (Å²) in [5, 5.41) is 3.66. The fraction of sp³-hybridized carbons (Fsp3) is 1.00. The zero-order valence-electron chi connectivity index (χ0n) is 7.53. The summed E-state index contributed by atoms with van der Waals surface area (Å²) in [5.74, 6) is 1.04. The van der Waals surface area contributed by atoms with Crippen molar-refractivity contribution in [3.8, 4) is 0 Å². The van der Waals surface area contributed by atoms with Crippen molar-refractivity contribution in [2.75, 3.05) is 6.54 Å². The van der Waals surface area contributed by atoms with E-state index in [4.69, 9.17) is 0 Å². The average Bonchev–Trinajstić information content (AvgIpc) is 1.79. The lowest BCUT2D eigenvalue weighted by Crippen LogP contribution is -2.62. The van der Waals surface area contributed by atoms with Crippen molar-refractivity contribution in [3.05, 3.63) is 0 Å². The zero-order chi connectivity index (χ0) is 7.73. The van der Waals surface area contributed by atoms with Gasteiger partial charge in [-0.2, -0.15) is 0 Å². The van der Waals surface area contributed by atoms with Crippen LogP contribution < -0.4 is 5.32 Å². The van der Waals surface area contributed by atoms with E-state index in [1.807, 2.05) is 0 Å². The maximum atomic E-state index is 3.66. The molecule has 1 aliphatic carbocycles. The molecular weight excluding hydrogens is 134 g/mol. The van der Waals surface area contributed by atoms with E-state index in [1.165, 1.54) is 45.1 Å². The third kappa shape index (κ3) is 1.10. The normalized spacial score (nSPS) is 37.9. The van der Waals surface area contributed by atoms with Crippen LogP contribution in [0.2, 0.25) is 0 Å². The van der Waals surface area contributed by atoms with E-state index in [1.54, 1.807) is 0 Å². The molecule has 2 rings (SSSR count). The summed E-state index contributed by atoms with van der Waals surface area (Å²) in [7, 11) is 0. The maximum absolute atomic E-state index is 3.66. The van der Waals surface area contributed by atoms with Gasteiger partial charge in [0.15, 0.2) is 0 Å². The highest BCUT2D eigenvalue weighted by Gasteiger charge is 2.44. The lowest BCUT2D eigenvalue weighted by molar-refractivity contribution is 0.0539. The molecule has 0 aromatic rings. The Hall–Kier alpha value is -0.0400. The second kappa shape index (κ2) is 2.78. The molecule has 1 saturated carbocycles. The van der Waals surface area contributed by atoms with E-state index < -0.39 is 0 Å². The Labute approximate surface area is 69.6 Å². The molecule has 1 heteroatoms. The highest BCUT2D eigenvalue weighted by Crippen LogP contribution is 2.43. The summed E-state index contributed by atoms with van der Waals surface area (Å²) >= 11 is 0.